The van der Waals surface area contributed by atoms with Crippen LogP contribution in [-0.2, 0) is 9.53 Å². The highest BCUT2D eigenvalue weighted by atomic mass is 35.5. The molecule has 0 fully saturated rings. The average Bonchev–Trinajstić information content (AvgIpc) is 3.10. The fraction of sp³-hybridized carbons (Fsp3) is 0.238. The molecule has 0 unspecified atom stereocenters. The number of benzene rings is 2. The molecule has 152 valence electrons. The molecule has 0 bridgehead atoms. The molecular weight excluding hydrogens is 440 g/mol. The topological polar surface area (TPSA) is 55.4 Å². The average molecular weight is 457 g/mol. The zero-order valence-corrected chi connectivity index (χ0v) is 17.6. The maximum Gasteiger partial charge on any atom is 0.313 e. The third-order valence-electron chi connectivity index (χ3n) is 4.79. The van der Waals surface area contributed by atoms with Gasteiger partial charge in [0, 0.05) is 16.6 Å². The van der Waals surface area contributed by atoms with Gasteiger partial charge in [0.05, 0.1) is 28.6 Å². The highest BCUT2D eigenvalue weighted by molar-refractivity contribution is 6.42. The molecule has 3 atom stereocenters. The van der Waals surface area contributed by atoms with Gasteiger partial charge in [-0.15, -0.1) is 0 Å². The van der Waals surface area contributed by atoms with Crippen molar-refractivity contribution in [3.63, 3.8) is 0 Å². The lowest BCUT2D eigenvalue weighted by atomic mass is 9.85. The van der Waals surface area contributed by atoms with Crippen molar-refractivity contribution in [2.45, 2.75) is 18.4 Å². The quantitative estimate of drug-likeness (QED) is 0.483. The summed E-state index contributed by atoms with van der Waals surface area (Å²) in [5.74, 6) is -2.65. The van der Waals surface area contributed by atoms with Crippen LogP contribution in [0.5, 0.6) is 0 Å². The Morgan fingerprint density at radius 2 is 1.79 bits per heavy atom. The molecule has 0 aliphatic heterocycles. The first-order chi connectivity index (χ1) is 13.8. The van der Waals surface area contributed by atoms with Crippen LogP contribution in [0.15, 0.2) is 48.6 Å². The normalized spacial score (nSPS) is 19.1. The van der Waals surface area contributed by atoms with Gasteiger partial charge in [0.2, 0.25) is 0 Å². The predicted molar refractivity (Wildman–Crippen MR) is 111 cm³/mol. The molecule has 1 aliphatic carbocycles. The molecule has 2 aromatic rings. The second kappa shape index (κ2) is 9.16. The summed E-state index contributed by atoms with van der Waals surface area (Å²) >= 11 is 18.1. The zero-order chi connectivity index (χ0) is 21.1. The third-order valence-corrected chi connectivity index (χ3v) is 5.61. The molecule has 1 N–H and O–H groups in total. The van der Waals surface area contributed by atoms with Crippen LogP contribution in [0.1, 0.15) is 28.3 Å². The second-order valence-corrected chi connectivity index (χ2v) is 7.88. The van der Waals surface area contributed by atoms with E-state index >= 15 is 0 Å². The Morgan fingerprint density at radius 3 is 2.41 bits per heavy atom. The van der Waals surface area contributed by atoms with Gasteiger partial charge in [-0.25, -0.2) is 4.39 Å². The Labute approximate surface area is 182 Å². The molecule has 0 saturated carbocycles. The van der Waals surface area contributed by atoms with Crippen LogP contribution in [0.2, 0.25) is 15.1 Å². The van der Waals surface area contributed by atoms with Crippen molar-refractivity contribution in [2.24, 2.45) is 5.92 Å². The van der Waals surface area contributed by atoms with Crippen LogP contribution in [0.4, 0.5) is 4.39 Å². The smallest absolute Gasteiger partial charge is 0.313 e. The number of carbonyl (C=O) groups excluding carboxylic acids is 2. The van der Waals surface area contributed by atoms with Crippen LogP contribution >= 0.6 is 34.8 Å². The van der Waals surface area contributed by atoms with E-state index in [0.717, 1.165) is 0 Å². The summed E-state index contributed by atoms with van der Waals surface area (Å²) in [6.45, 7) is 0. The number of rotatable bonds is 5. The Hall–Kier alpha value is -2.08. The number of carbonyl (C=O) groups is 2. The molecule has 29 heavy (non-hydrogen) atoms. The highest BCUT2D eigenvalue weighted by Gasteiger charge is 2.35. The number of halogens is 4. The molecule has 0 aromatic heterocycles. The van der Waals surface area contributed by atoms with Crippen LogP contribution in [-0.4, -0.2) is 25.0 Å². The number of allylic oxidation sites excluding steroid dienone is 1. The lowest BCUT2D eigenvalue weighted by Gasteiger charge is -2.22. The van der Waals surface area contributed by atoms with Gasteiger partial charge in [-0.2, -0.15) is 0 Å². The maximum absolute atomic E-state index is 14.3. The Kier molecular flexibility index (Phi) is 6.83. The van der Waals surface area contributed by atoms with Gasteiger partial charge in [-0.05, 0) is 30.5 Å². The van der Waals surface area contributed by atoms with Gasteiger partial charge in [0.1, 0.15) is 5.82 Å². The summed E-state index contributed by atoms with van der Waals surface area (Å²) in [6, 6.07) is 8.56. The number of nitrogens with one attached hydrogen (secondary N) is 1. The molecule has 0 spiro atoms. The fourth-order valence-corrected chi connectivity index (χ4v) is 4.46. The minimum atomic E-state index is -0.818. The van der Waals surface area contributed by atoms with Crippen LogP contribution in [0, 0.1) is 11.7 Å². The van der Waals surface area contributed by atoms with E-state index in [1.54, 1.807) is 30.4 Å². The van der Waals surface area contributed by atoms with Crippen molar-refractivity contribution in [3.05, 3.63) is 80.6 Å². The molecular formula is C21H17Cl3FNO3. The zero-order valence-electron chi connectivity index (χ0n) is 15.3. The molecule has 1 aliphatic rings. The van der Waals surface area contributed by atoms with Crippen molar-refractivity contribution in [3.8, 4) is 0 Å². The molecule has 0 radical (unpaired) electrons. The van der Waals surface area contributed by atoms with E-state index in [-0.39, 0.29) is 33.1 Å². The summed E-state index contributed by atoms with van der Waals surface area (Å²) in [5.41, 5.74) is 0.373. The van der Waals surface area contributed by atoms with Gasteiger partial charge in [0.25, 0.3) is 5.91 Å². The van der Waals surface area contributed by atoms with E-state index in [2.05, 4.69) is 5.32 Å². The molecule has 0 heterocycles. The first-order valence-electron chi connectivity index (χ1n) is 8.77. The van der Waals surface area contributed by atoms with Crippen LogP contribution in [0.25, 0.3) is 0 Å². The van der Waals surface area contributed by atoms with Crippen LogP contribution in [0.3, 0.4) is 0 Å². The summed E-state index contributed by atoms with van der Waals surface area (Å²) in [7, 11) is 1.26. The summed E-state index contributed by atoms with van der Waals surface area (Å²) in [5, 5.41) is 3.42. The van der Waals surface area contributed by atoms with Gasteiger partial charge >= 0.3 is 5.97 Å². The SMILES string of the molecule is COC(=O)[C@H](c1ccccc1F)[C@@H]1C=C[C@H](NC(=O)c2c(Cl)cc(Cl)cc2Cl)C1. The lowest BCUT2D eigenvalue weighted by molar-refractivity contribution is -0.143. The van der Waals surface area contributed by atoms with Crippen molar-refractivity contribution < 1.29 is 18.7 Å². The number of methoxy groups -OCH3 is 1. The maximum atomic E-state index is 14.3. The van der Waals surface area contributed by atoms with E-state index in [1.807, 2.05) is 0 Å². The first kappa shape index (κ1) is 21.6. The highest BCUT2D eigenvalue weighted by Crippen LogP contribution is 2.36. The summed E-state index contributed by atoms with van der Waals surface area (Å²) in [4.78, 5) is 25.0. The second-order valence-electron chi connectivity index (χ2n) is 6.63. The minimum absolute atomic E-state index is 0.119. The summed E-state index contributed by atoms with van der Waals surface area (Å²) < 4.78 is 19.2. The number of hydrogen-bond acceptors (Lipinski definition) is 3. The predicted octanol–water partition coefficient (Wildman–Crippen LogP) is 5.42. The Bertz CT molecular complexity index is 956. The third kappa shape index (κ3) is 4.74. The lowest BCUT2D eigenvalue weighted by Crippen LogP contribution is -2.34. The fourth-order valence-electron chi connectivity index (χ4n) is 3.47. The van der Waals surface area contributed by atoms with Crippen molar-refractivity contribution in [1.82, 2.24) is 5.32 Å². The van der Waals surface area contributed by atoms with E-state index < -0.39 is 23.6 Å². The first-order valence-corrected chi connectivity index (χ1v) is 9.91. The molecule has 0 saturated heterocycles. The van der Waals surface area contributed by atoms with Gasteiger partial charge < -0.3 is 10.1 Å². The summed E-state index contributed by atoms with van der Waals surface area (Å²) in [6.07, 6.45) is 3.93. The van der Waals surface area contributed by atoms with E-state index in [4.69, 9.17) is 39.5 Å². The largest absolute Gasteiger partial charge is 0.469 e. The van der Waals surface area contributed by atoms with Gasteiger partial charge in [-0.1, -0.05) is 65.2 Å². The number of esters is 1. The standard InChI is InChI=1S/C21H17Cl3FNO3/c1-29-21(28)18(14-4-2-3-5-17(14)25)11-6-7-13(8-11)26-20(27)19-15(23)9-12(22)10-16(19)24/h2-7,9-11,13,18H,8H2,1H3,(H,26,27)/t11-,13+,18+/m1/s1. The Balaban J connectivity index is 1.77. The van der Waals surface area contributed by atoms with Gasteiger partial charge in [-0.3, -0.25) is 9.59 Å². The Morgan fingerprint density at radius 1 is 1.14 bits per heavy atom. The molecule has 4 nitrogen and oxygen atoms in total. The number of amides is 1. The molecule has 3 rings (SSSR count). The molecule has 2 aromatic carbocycles. The van der Waals surface area contributed by atoms with Crippen molar-refractivity contribution in [2.75, 3.05) is 7.11 Å². The van der Waals surface area contributed by atoms with Gasteiger partial charge in [0.15, 0.2) is 0 Å². The van der Waals surface area contributed by atoms with E-state index in [0.29, 0.717) is 11.4 Å². The van der Waals surface area contributed by atoms with E-state index in [1.165, 1.54) is 25.3 Å². The van der Waals surface area contributed by atoms with Crippen molar-refractivity contribution in [1.29, 1.82) is 0 Å². The van der Waals surface area contributed by atoms with E-state index in [9.17, 15) is 14.0 Å². The number of hydrogen-bond donors (Lipinski definition) is 1. The van der Waals surface area contributed by atoms with Crippen LogP contribution < -0.4 is 5.32 Å². The molecule has 1 amide bonds. The number of ether oxygens (including phenoxy) is 1. The monoisotopic (exact) mass is 455 g/mol. The molecule has 8 heteroatoms. The van der Waals surface area contributed by atoms with Crippen molar-refractivity contribution >= 4 is 46.7 Å². The minimum Gasteiger partial charge on any atom is -0.469 e.